The van der Waals surface area contributed by atoms with Crippen LogP contribution in [0.5, 0.6) is 0 Å². The van der Waals surface area contributed by atoms with Crippen molar-refractivity contribution in [1.29, 1.82) is 0 Å². The summed E-state index contributed by atoms with van der Waals surface area (Å²) in [4.78, 5) is 14.8. The molecule has 4 N–H and O–H groups in total. The van der Waals surface area contributed by atoms with Gasteiger partial charge in [0, 0.05) is 25.7 Å². The molecule has 0 saturated carbocycles. The number of benzene rings is 1. The van der Waals surface area contributed by atoms with E-state index in [1.54, 1.807) is 0 Å². The quantitative estimate of drug-likeness (QED) is 0.749. The third-order valence-electron chi connectivity index (χ3n) is 4.70. The molecule has 1 fully saturated rings. The van der Waals surface area contributed by atoms with Gasteiger partial charge in [-0.3, -0.25) is 0 Å². The molecule has 0 aromatic heterocycles. The van der Waals surface area contributed by atoms with E-state index in [-0.39, 0.29) is 17.5 Å². The first-order valence-corrected chi connectivity index (χ1v) is 8.93. The Morgan fingerprint density at radius 1 is 1.17 bits per heavy atom. The highest BCUT2D eigenvalue weighted by Gasteiger charge is 2.29. The van der Waals surface area contributed by atoms with Gasteiger partial charge in [-0.05, 0) is 42.5 Å². The van der Waals surface area contributed by atoms with Gasteiger partial charge in [-0.25, -0.2) is 4.79 Å². The highest BCUT2D eigenvalue weighted by Crippen LogP contribution is 2.21. The van der Waals surface area contributed by atoms with Crippen LogP contribution >= 0.6 is 0 Å². The summed E-state index contributed by atoms with van der Waals surface area (Å²) in [5, 5.41) is 6.13. The molecule has 5 nitrogen and oxygen atoms in total. The van der Waals surface area contributed by atoms with Gasteiger partial charge in [0.15, 0.2) is 0 Å². The van der Waals surface area contributed by atoms with E-state index >= 15 is 0 Å². The number of amides is 2. The minimum atomic E-state index is -0.1000. The summed E-state index contributed by atoms with van der Waals surface area (Å²) >= 11 is 0. The molecule has 134 valence electrons. The molecule has 1 saturated heterocycles. The minimum absolute atomic E-state index is 0.0305. The van der Waals surface area contributed by atoms with Crippen LogP contribution in [0.3, 0.4) is 0 Å². The van der Waals surface area contributed by atoms with E-state index in [0.29, 0.717) is 13.1 Å². The van der Waals surface area contributed by atoms with Crippen molar-refractivity contribution in [3.8, 4) is 0 Å². The summed E-state index contributed by atoms with van der Waals surface area (Å²) in [6.07, 6.45) is 2.53. The molecule has 2 rings (SSSR count). The number of likely N-dealkylation sites (tertiary alicyclic amines) is 1. The molecule has 2 amide bonds. The normalized spacial score (nSPS) is 16.8. The summed E-state index contributed by atoms with van der Waals surface area (Å²) in [6.45, 7) is 10.8. The van der Waals surface area contributed by atoms with Gasteiger partial charge in [0.25, 0.3) is 0 Å². The lowest BCUT2D eigenvalue weighted by atomic mass is 9.86. The molecule has 1 aromatic carbocycles. The van der Waals surface area contributed by atoms with Gasteiger partial charge in [-0.15, -0.1) is 0 Å². The van der Waals surface area contributed by atoms with E-state index < -0.39 is 0 Å². The van der Waals surface area contributed by atoms with Gasteiger partial charge in [-0.2, -0.15) is 0 Å². The van der Waals surface area contributed by atoms with Crippen molar-refractivity contribution in [3.63, 3.8) is 0 Å². The largest absolute Gasteiger partial charge is 0.334 e. The predicted octanol–water partition coefficient (Wildman–Crippen LogP) is 2.46. The van der Waals surface area contributed by atoms with Crippen LogP contribution < -0.4 is 16.4 Å². The first-order chi connectivity index (χ1) is 11.4. The van der Waals surface area contributed by atoms with Gasteiger partial charge in [0.2, 0.25) is 0 Å². The molecular weight excluding hydrogens is 300 g/mol. The lowest BCUT2D eigenvalue weighted by Gasteiger charge is -2.34. The molecule has 1 aliphatic heterocycles. The zero-order chi connectivity index (χ0) is 17.6. The summed E-state index contributed by atoms with van der Waals surface area (Å²) in [5.41, 5.74) is 7.81. The number of nitrogens with two attached hydrogens (primary N) is 1. The molecule has 1 atom stereocenters. The maximum Gasteiger partial charge on any atom is 0.315 e. The maximum atomic E-state index is 12.3. The number of urea groups is 1. The number of hydrogen-bond donors (Lipinski definition) is 3. The van der Waals surface area contributed by atoms with Gasteiger partial charge < -0.3 is 21.3 Å². The van der Waals surface area contributed by atoms with E-state index in [0.717, 1.165) is 30.8 Å². The lowest BCUT2D eigenvalue weighted by molar-refractivity contribution is 0.185. The highest BCUT2D eigenvalue weighted by molar-refractivity contribution is 5.74. The molecule has 1 aromatic rings. The Hall–Kier alpha value is -1.59. The monoisotopic (exact) mass is 332 g/mol. The van der Waals surface area contributed by atoms with Crippen LogP contribution in [0, 0.1) is 5.41 Å². The van der Waals surface area contributed by atoms with Crippen molar-refractivity contribution in [3.05, 3.63) is 35.4 Å². The third-order valence-corrected chi connectivity index (χ3v) is 4.70. The second-order valence-electron chi connectivity index (χ2n) is 7.77. The summed E-state index contributed by atoms with van der Waals surface area (Å²) in [7, 11) is 0. The summed E-state index contributed by atoms with van der Waals surface area (Å²) in [5.74, 6) is 0. The molecule has 24 heavy (non-hydrogen) atoms. The highest BCUT2D eigenvalue weighted by atomic mass is 16.2. The molecule has 0 bridgehead atoms. The Morgan fingerprint density at radius 2 is 1.75 bits per heavy atom. The zero-order valence-electron chi connectivity index (χ0n) is 15.3. The molecule has 0 spiro atoms. The van der Waals surface area contributed by atoms with E-state index in [4.69, 9.17) is 5.73 Å². The molecular formula is C19H32N4O. The van der Waals surface area contributed by atoms with Crippen molar-refractivity contribution in [2.24, 2.45) is 11.1 Å². The number of nitrogens with one attached hydrogen (secondary N) is 2. The second-order valence-corrected chi connectivity index (χ2v) is 7.77. The summed E-state index contributed by atoms with van der Waals surface area (Å²) < 4.78 is 0. The van der Waals surface area contributed by atoms with E-state index in [9.17, 15) is 4.79 Å². The second kappa shape index (κ2) is 8.49. The Labute approximate surface area is 146 Å². The van der Waals surface area contributed by atoms with Crippen molar-refractivity contribution in [2.45, 2.75) is 52.7 Å². The van der Waals surface area contributed by atoms with E-state index in [2.05, 4.69) is 36.3 Å². The molecule has 0 radical (unpaired) electrons. The maximum absolute atomic E-state index is 12.3. The van der Waals surface area contributed by atoms with Crippen LogP contribution in [0.1, 0.15) is 44.7 Å². The van der Waals surface area contributed by atoms with E-state index in [1.807, 2.05) is 24.3 Å². The Balaban J connectivity index is 1.84. The van der Waals surface area contributed by atoms with Gasteiger partial charge in [0.1, 0.15) is 0 Å². The van der Waals surface area contributed by atoms with Crippen LogP contribution in [-0.2, 0) is 13.1 Å². The summed E-state index contributed by atoms with van der Waals surface area (Å²) in [6, 6.07) is 8.05. The molecule has 1 aliphatic rings. The van der Waals surface area contributed by atoms with Gasteiger partial charge >= 0.3 is 6.03 Å². The van der Waals surface area contributed by atoms with Crippen LogP contribution in [0.15, 0.2) is 24.3 Å². The Bertz CT molecular complexity index is 515. The van der Waals surface area contributed by atoms with Crippen molar-refractivity contribution >= 4 is 6.03 Å². The number of hydrogen-bond acceptors (Lipinski definition) is 3. The fourth-order valence-corrected chi connectivity index (χ4v) is 2.94. The Morgan fingerprint density at radius 3 is 2.29 bits per heavy atom. The topological polar surface area (TPSA) is 70.4 Å². The average molecular weight is 332 g/mol. The zero-order valence-corrected chi connectivity index (χ0v) is 15.3. The van der Waals surface area contributed by atoms with E-state index in [1.165, 1.54) is 12.8 Å². The first-order valence-electron chi connectivity index (χ1n) is 8.93. The Kier molecular flexibility index (Phi) is 6.63. The average Bonchev–Trinajstić information content (AvgIpc) is 3.05. The van der Waals surface area contributed by atoms with Gasteiger partial charge in [-0.1, -0.05) is 45.0 Å². The molecule has 0 aliphatic carbocycles. The smallest absolute Gasteiger partial charge is 0.315 e. The molecule has 1 unspecified atom stereocenters. The van der Waals surface area contributed by atoms with Crippen molar-refractivity contribution in [1.82, 2.24) is 15.5 Å². The lowest BCUT2D eigenvalue weighted by Crippen LogP contribution is -2.52. The molecule has 1 heterocycles. The SMILES string of the molecule is CC(C)(C)C(CN1CCCC1)NC(=O)NCc1ccc(CN)cc1. The first kappa shape index (κ1) is 18.7. The minimum Gasteiger partial charge on any atom is -0.334 e. The van der Waals surface area contributed by atoms with Crippen LogP contribution in [-0.4, -0.2) is 36.6 Å². The number of carbonyl (C=O) groups is 1. The van der Waals surface area contributed by atoms with Crippen molar-refractivity contribution < 1.29 is 4.79 Å². The third kappa shape index (κ3) is 5.80. The predicted molar refractivity (Wildman–Crippen MR) is 98.6 cm³/mol. The molecule has 5 heteroatoms. The van der Waals surface area contributed by atoms with Crippen molar-refractivity contribution in [2.75, 3.05) is 19.6 Å². The van der Waals surface area contributed by atoms with Crippen LogP contribution in [0.2, 0.25) is 0 Å². The van der Waals surface area contributed by atoms with Crippen LogP contribution in [0.4, 0.5) is 4.79 Å². The fourth-order valence-electron chi connectivity index (χ4n) is 2.94. The fraction of sp³-hybridized carbons (Fsp3) is 0.632. The van der Waals surface area contributed by atoms with Gasteiger partial charge in [0.05, 0.1) is 0 Å². The number of carbonyl (C=O) groups excluding carboxylic acids is 1. The van der Waals surface area contributed by atoms with Crippen LogP contribution in [0.25, 0.3) is 0 Å². The number of rotatable bonds is 6. The standard InChI is InChI=1S/C19H32N4O/c1-19(2,3)17(14-23-10-4-5-11-23)22-18(24)21-13-16-8-6-15(12-20)7-9-16/h6-9,17H,4-5,10-14,20H2,1-3H3,(H2,21,22,24). The number of nitrogens with zero attached hydrogens (tertiary/aromatic N) is 1.